The first-order chi connectivity index (χ1) is 9.11. The highest BCUT2D eigenvalue weighted by Crippen LogP contribution is 2.28. The molecule has 2 aliphatic rings. The molecular weight excluding hydrogens is 238 g/mol. The summed E-state index contributed by atoms with van der Waals surface area (Å²) in [7, 11) is 0. The predicted molar refractivity (Wildman–Crippen MR) is 75.3 cm³/mol. The molecule has 2 saturated heterocycles. The van der Waals surface area contributed by atoms with Crippen molar-refractivity contribution in [1.82, 2.24) is 14.8 Å². The minimum absolute atomic E-state index is 0.224. The number of fused-ring (bicyclic) bond motifs is 1. The van der Waals surface area contributed by atoms with E-state index in [1.54, 1.807) is 0 Å². The molecule has 0 aromatic carbocycles. The summed E-state index contributed by atoms with van der Waals surface area (Å²) in [6.07, 6.45) is 0. The first-order valence-electron chi connectivity index (χ1n) is 7.28. The van der Waals surface area contributed by atoms with E-state index < -0.39 is 0 Å². The lowest BCUT2D eigenvalue weighted by atomic mass is 10.0. The molecule has 0 saturated carbocycles. The molecule has 0 spiro atoms. The number of nitrogens with zero attached hydrogens (tertiary/aromatic N) is 2. The van der Waals surface area contributed by atoms with E-state index in [-0.39, 0.29) is 5.91 Å². The lowest BCUT2D eigenvalue weighted by molar-refractivity contribution is 0.0781. The number of hydrogen-bond donors (Lipinski definition) is 1. The van der Waals surface area contributed by atoms with Crippen molar-refractivity contribution >= 4 is 5.91 Å². The van der Waals surface area contributed by atoms with Crippen molar-refractivity contribution in [3.8, 4) is 0 Å². The molecule has 3 heterocycles. The quantitative estimate of drug-likeness (QED) is 0.874. The molecule has 3 rings (SSSR count). The summed E-state index contributed by atoms with van der Waals surface area (Å²) in [6, 6.07) is 2.05. The topological polar surface area (TPSA) is 37.3 Å². The van der Waals surface area contributed by atoms with Crippen molar-refractivity contribution in [2.24, 2.45) is 11.8 Å². The SMILES string of the molecule is CCn1c(C)cc(C(=O)N2C[C@H]3CNC[C@H]3C2)c1C. The Balaban J connectivity index is 1.81. The average Bonchev–Trinajstić information content (AvgIpc) is 3.01. The molecule has 0 bridgehead atoms. The highest BCUT2D eigenvalue weighted by atomic mass is 16.2. The normalized spacial score (nSPS) is 25.9. The molecule has 104 valence electrons. The molecule has 0 unspecified atom stereocenters. The van der Waals surface area contributed by atoms with Gasteiger partial charge in [-0.05, 0) is 38.7 Å². The first kappa shape index (κ1) is 12.7. The average molecular weight is 261 g/mol. The van der Waals surface area contributed by atoms with Gasteiger partial charge >= 0.3 is 0 Å². The number of amides is 1. The van der Waals surface area contributed by atoms with Crippen LogP contribution in [0.2, 0.25) is 0 Å². The van der Waals surface area contributed by atoms with Crippen LogP contribution in [0.15, 0.2) is 6.07 Å². The summed E-state index contributed by atoms with van der Waals surface area (Å²) < 4.78 is 2.21. The van der Waals surface area contributed by atoms with Crippen LogP contribution in [0.25, 0.3) is 0 Å². The fourth-order valence-corrected chi connectivity index (χ4v) is 3.70. The summed E-state index contributed by atoms with van der Waals surface area (Å²) in [5, 5.41) is 3.42. The highest BCUT2D eigenvalue weighted by molar-refractivity contribution is 5.96. The van der Waals surface area contributed by atoms with E-state index in [9.17, 15) is 4.79 Å². The fourth-order valence-electron chi connectivity index (χ4n) is 3.70. The van der Waals surface area contributed by atoms with Gasteiger partial charge in [0.2, 0.25) is 0 Å². The van der Waals surface area contributed by atoms with Crippen LogP contribution >= 0.6 is 0 Å². The second-order valence-electron chi connectivity index (χ2n) is 5.92. The first-order valence-corrected chi connectivity index (χ1v) is 7.28. The number of aryl methyl sites for hydroxylation is 1. The molecule has 0 radical (unpaired) electrons. The van der Waals surface area contributed by atoms with Crippen LogP contribution in [0.1, 0.15) is 28.7 Å². The van der Waals surface area contributed by atoms with Crippen molar-refractivity contribution in [1.29, 1.82) is 0 Å². The van der Waals surface area contributed by atoms with Gasteiger partial charge < -0.3 is 14.8 Å². The van der Waals surface area contributed by atoms with Gasteiger partial charge in [0.05, 0.1) is 5.56 Å². The minimum atomic E-state index is 0.224. The van der Waals surface area contributed by atoms with Crippen molar-refractivity contribution in [3.63, 3.8) is 0 Å². The monoisotopic (exact) mass is 261 g/mol. The van der Waals surface area contributed by atoms with Crippen LogP contribution in [-0.4, -0.2) is 41.6 Å². The van der Waals surface area contributed by atoms with Crippen LogP contribution in [0.4, 0.5) is 0 Å². The Morgan fingerprint density at radius 3 is 2.47 bits per heavy atom. The minimum Gasteiger partial charge on any atom is -0.349 e. The maximum atomic E-state index is 12.7. The number of carbonyl (C=O) groups excluding carboxylic acids is 1. The molecule has 0 aliphatic carbocycles. The van der Waals surface area contributed by atoms with Crippen LogP contribution in [0.5, 0.6) is 0 Å². The summed E-state index contributed by atoms with van der Waals surface area (Å²) in [4.78, 5) is 14.7. The number of carbonyl (C=O) groups is 1. The highest BCUT2D eigenvalue weighted by Gasteiger charge is 2.38. The van der Waals surface area contributed by atoms with Gasteiger partial charge in [-0.1, -0.05) is 0 Å². The van der Waals surface area contributed by atoms with Crippen molar-refractivity contribution in [2.45, 2.75) is 27.3 Å². The van der Waals surface area contributed by atoms with Crippen molar-refractivity contribution in [3.05, 3.63) is 23.0 Å². The molecule has 2 atom stereocenters. The fraction of sp³-hybridized carbons (Fsp3) is 0.667. The molecule has 4 heteroatoms. The molecule has 2 fully saturated rings. The number of rotatable bonds is 2. The van der Waals surface area contributed by atoms with Crippen LogP contribution in [0.3, 0.4) is 0 Å². The van der Waals surface area contributed by atoms with Gasteiger partial charge in [-0.15, -0.1) is 0 Å². The second-order valence-corrected chi connectivity index (χ2v) is 5.92. The summed E-state index contributed by atoms with van der Waals surface area (Å²) in [6.45, 7) is 11.2. The summed E-state index contributed by atoms with van der Waals surface area (Å²) >= 11 is 0. The van der Waals surface area contributed by atoms with E-state index in [2.05, 4.69) is 35.6 Å². The zero-order chi connectivity index (χ0) is 13.6. The number of likely N-dealkylation sites (tertiary alicyclic amines) is 1. The van der Waals surface area contributed by atoms with E-state index in [1.165, 1.54) is 5.69 Å². The van der Waals surface area contributed by atoms with Crippen LogP contribution in [-0.2, 0) is 6.54 Å². The van der Waals surface area contributed by atoms with Gasteiger partial charge in [0.1, 0.15) is 0 Å². The lowest BCUT2D eigenvalue weighted by Gasteiger charge is -2.17. The largest absolute Gasteiger partial charge is 0.349 e. The zero-order valence-corrected chi connectivity index (χ0v) is 12.1. The smallest absolute Gasteiger partial charge is 0.255 e. The van der Waals surface area contributed by atoms with Gasteiger partial charge in [0.25, 0.3) is 5.91 Å². The van der Waals surface area contributed by atoms with E-state index >= 15 is 0 Å². The third kappa shape index (κ3) is 1.98. The number of nitrogens with one attached hydrogen (secondary N) is 1. The van der Waals surface area contributed by atoms with E-state index in [4.69, 9.17) is 0 Å². The zero-order valence-electron chi connectivity index (χ0n) is 12.1. The van der Waals surface area contributed by atoms with Gasteiger partial charge in [0, 0.05) is 44.1 Å². The van der Waals surface area contributed by atoms with Gasteiger partial charge in [-0.25, -0.2) is 0 Å². The Kier molecular flexibility index (Phi) is 3.13. The van der Waals surface area contributed by atoms with Gasteiger partial charge in [-0.3, -0.25) is 4.79 Å². The van der Waals surface area contributed by atoms with Gasteiger partial charge in [-0.2, -0.15) is 0 Å². The Morgan fingerprint density at radius 2 is 1.95 bits per heavy atom. The number of hydrogen-bond acceptors (Lipinski definition) is 2. The molecular formula is C15H23N3O. The van der Waals surface area contributed by atoms with Crippen molar-refractivity contribution in [2.75, 3.05) is 26.2 Å². The third-order valence-corrected chi connectivity index (χ3v) is 4.80. The van der Waals surface area contributed by atoms with E-state index in [1.807, 2.05) is 6.07 Å². The standard InChI is InChI=1S/C15H23N3O/c1-4-18-10(2)5-14(11(18)3)15(19)17-8-12-6-16-7-13(12)9-17/h5,12-13,16H,4,6-9H2,1-3H3/t12-,13+. The number of aromatic nitrogens is 1. The van der Waals surface area contributed by atoms with E-state index in [0.29, 0.717) is 11.8 Å². The predicted octanol–water partition coefficient (Wildman–Crippen LogP) is 1.42. The lowest BCUT2D eigenvalue weighted by Crippen LogP contribution is -2.32. The molecule has 2 aliphatic heterocycles. The maximum Gasteiger partial charge on any atom is 0.255 e. The molecule has 1 aromatic rings. The van der Waals surface area contributed by atoms with Crippen molar-refractivity contribution < 1.29 is 4.79 Å². The Bertz CT molecular complexity index is 494. The Hall–Kier alpha value is -1.29. The van der Waals surface area contributed by atoms with Gasteiger partial charge in [0.15, 0.2) is 0 Å². The third-order valence-electron chi connectivity index (χ3n) is 4.80. The Labute approximate surface area is 114 Å². The summed E-state index contributed by atoms with van der Waals surface area (Å²) in [5.41, 5.74) is 3.19. The van der Waals surface area contributed by atoms with E-state index in [0.717, 1.165) is 44.0 Å². The van der Waals surface area contributed by atoms with Crippen LogP contribution < -0.4 is 5.32 Å². The summed E-state index contributed by atoms with van der Waals surface area (Å²) in [5.74, 6) is 1.56. The van der Waals surface area contributed by atoms with Crippen LogP contribution in [0, 0.1) is 25.7 Å². The molecule has 1 amide bonds. The molecule has 4 nitrogen and oxygen atoms in total. The maximum absolute atomic E-state index is 12.7. The second kappa shape index (κ2) is 4.67. The Morgan fingerprint density at radius 1 is 1.32 bits per heavy atom. The molecule has 1 N–H and O–H groups in total. The molecule has 19 heavy (non-hydrogen) atoms. The molecule has 1 aromatic heterocycles.